The molecule has 0 atom stereocenters. The lowest BCUT2D eigenvalue weighted by Gasteiger charge is -2.34. The summed E-state index contributed by atoms with van der Waals surface area (Å²) < 4.78 is 0. The Bertz CT molecular complexity index is 600. The number of amides is 1. The molecule has 0 saturated carbocycles. The number of piperazine rings is 1. The number of aromatic amines is 1. The van der Waals surface area contributed by atoms with Crippen molar-refractivity contribution in [2.45, 2.75) is 13.5 Å². The summed E-state index contributed by atoms with van der Waals surface area (Å²) in [5.41, 5.74) is 2.85. The first kappa shape index (κ1) is 13.8. The molecule has 1 aliphatic rings. The van der Waals surface area contributed by atoms with Crippen LogP contribution in [0.15, 0.2) is 36.5 Å². The number of nitrogens with zero attached hydrogens (tertiary/aromatic N) is 3. The van der Waals surface area contributed by atoms with Gasteiger partial charge in [-0.2, -0.15) is 5.10 Å². The predicted octanol–water partition coefficient (Wildman–Crippen LogP) is 1.68. The molecule has 1 N–H and O–H groups in total. The van der Waals surface area contributed by atoms with E-state index in [9.17, 15) is 4.79 Å². The number of H-pyrrole nitrogens is 1. The van der Waals surface area contributed by atoms with Gasteiger partial charge >= 0.3 is 0 Å². The van der Waals surface area contributed by atoms with Crippen molar-refractivity contribution in [3.63, 3.8) is 0 Å². The predicted molar refractivity (Wildman–Crippen MR) is 80.9 cm³/mol. The van der Waals surface area contributed by atoms with Crippen molar-refractivity contribution in [2.24, 2.45) is 0 Å². The first-order valence-electron chi connectivity index (χ1n) is 7.29. The van der Waals surface area contributed by atoms with E-state index >= 15 is 0 Å². The van der Waals surface area contributed by atoms with E-state index in [1.54, 1.807) is 6.20 Å². The second-order valence-electron chi connectivity index (χ2n) is 5.46. The fraction of sp³-hybridized carbons (Fsp3) is 0.375. The molecule has 5 nitrogen and oxygen atoms in total. The highest BCUT2D eigenvalue weighted by atomic mass is 16.2. The molecule has 3 rings (SSSR count). The van der Waals surface area contributed by atoms with E-state index in [1.807, 2.05) is 17.9 Å². The van der Waals surface area contributed by atoms with Gasteiger partial charge in [-0.05, 0) is 12.5 Å². The minimum Gasteiger partial charge on any atom is -0.336 e. The molecule has 0 bridgehead atoms. The fourth-order valence-corrected chi connectivity index (χ4v) is 2.69. The first-order valence-corrected chi connectivity index (χ1v) is 7.29. The van der Waals surface area contributed by atoms with Crippen LogP contribution >= 0.6 is 0 Å². The Balaban J connectivity index is 1.56. The maximum Gasteiger partial charge on any atom is 0.257 e. The summed E-state index contributed by atoms with van der Waals surface area (Å²) in [6.07, 6.45) is 1.62. The van der Waals surface area contributed by atoms with Crippen molar-refractivity contribution in [1.82, 2.24) is 20.0 Å². The lowest BCUT2D eigenvalue weighted by Crippen LogP contribution is -2.48. The molecular weight excluding hydrogens is 264 g/mol. The largest absolute Gasteiger partial charge is 0.336 e. The molecule has 1 saturated heterocycles. The normalized spacial score (nSPS) is 16.1. The van der Waals surface area contributed by atoms with Gasteiger partial charge in [0.15, 0.2) is 0 Å². The first-order chi connectivity index (χ1) is 10.2. The van der Waals surface area contributed by atoms with Gasteiger partial charge in [0.1, 0.15) is 0 Å². The van der Waals surface area contributed by atoms with Crippen LogP contribution in [0.3, 0.4) is 0 Å². The molecule has 0 spiro atoms. The Hall–Kier alpha value is -2.14. The lowest BCUT2D eigenvalue weighted by molar-refractivity contribution is 0.0628. The zero-order valence-electron chi connectivity index (χ0n) is 12.2. The monoisotopic (exact) mass is 284 g/mol. The number of hydrogen-bond donors (Lipinski definition) is 1. The molecule has 2 aromatic rings. The van der Waals surface area contributed by atoms with Crippen molar-refractivity contribution in [1.29, 1.82) is 0 Å². The number of carbonyl (C=O) groups excluding carboxylic acids is 1. The molecule has 5 heteroatoms. The number of hydrogen-bond acceptors (Lipinski definition) is 3. The molecule has 0 unspecified atom stereocenters. The second-order valence-corrected chi connectivity index (χ2v) is 5.46. The highest BCUT2D eigenvalue weighted by molar-refractivity contribution is 5.95. The van der Waals surface area contributed by atoms with Crippen LogP contribution < -0.4 is 0 Å². The van der Waals surface area contributed by atoms with Crippen LogP contribution in [0.1, 0.15) is 21.6 Å². The topological polar surface area (TPSA) is 52.2 Å². The Morgan fingerprint density at radius 3 is 2.52 bits per heavy atom. The van der Waals surface area contributed by atoms with Crippen LogP contribution in [0.5, 0.6) is 0 Å². The molecule has 1 amide bonds. The average Bonchev–Trinajstić information content (AvgIpc) is 2.94. The highest BCUT2D eigenvalue weighted by Gasteiger charge is 2.23. The van der Waals surface area contributed by atoms with Gasteiger partial charge in [0, 0.05) is 38.4 Å². The zero-order valence-corrected chi connectivity index (χ0v) is 12.2. The van der Waals surface area contributed by atoms with E-state index in [2.05, 4.69) is 39.4 Å². The van der Waals surface area contributed by atoms with Crippen LogP contribution in [0.2, 0.25) is 0 Å². The molecule has 2 heterocycles. The molecule has 1 fully saturated rings. The lowest BCUT2D eigenvalue weighted by atomic mass is 10.2. The summed E-state index contributed by atoms with van der Waals surface area (Å²) in [5.74, 6) is 0.0839. The van der Waals surface area contributed by atoms with Gasteiger partial charge in [-0.25, -0.2) is 0 Å². The Morgan fingerprint density at radius 1 is 1.19 bits per heavy atom. The van der Waals surface area contributed by atoms with E-state index in [1.165, 1.54) is 5.56 Å². The van der Waals surface area contributed by atoms with Crippen LogP contribution in [0.25, 0.3) is 0 Å². The summed E-state index contributed by atoms with van der Waals surface area (Å²) in [6, 6.07) is 10.5. The van der Waals surface area contributed by atoms with E-state index in [4.69, 9.17) is 0 Å². The minimum atomic E-state index is 0.0839. The van der Waals surface area contributed by atoms with Crippen LogP contribution in [0.4, 0.5) is 0 Å². The summed E-state index contributed by atoms with van der Waals surface area (Å²) in [4.78, 5) is 16.7. The zero-order chi connectivity index (χ0) is 14.7. The van der Waals surface area contributed by atoms with Gasteiger partial charge in [-0.1, -0.05) is 30.3 Å². The molecule has 110 valence electrons. The van der Waals surface area contributed by atoms with Crippen molar-refractivity contribution in [2.75, 3.05) is 26.2 Å². The van der Waals surface area contributed by atoms with Crippen LogP contribution in [0, 0.1) is 6.92 Å². The van der Waals surface area contributed by atoms with Crippen molar-refractivity contribution >= 4 is 5.91 Å². The fourth-order valence-electron chi connectivity index (χ4n) is 2.69. The smallest absolute Gasteiger partial charge is 0.257 e. The molecular formula is C16H20N4O. The Kier molecular flexibility index (Phi) is 4.01. The standard InChI is InChI=1S/C16H20N4O/c1-13-15(11-17-18-13)16(21)20-9-7-19(8-10-20)12-14-5-3-2-4-6-14/h2-6,11H,7-10,12H2,1H3,(H,17,18). The van der Waals surface area contributed by atoms with Gasteiger partial charge in [0.05, 0.1) is 11.8 Å². The average molecular weight is 284 g/mol. The molecule has 21 heavy (non-hydrogen) atoms. The SMILES string of the molecule is Cc1[nH]ncc1C(=O)N1CCN(Cc2ccccc2)CC1. The van der Waals surface area contributed by atoms with Gasteiger partial charge in [0.2, 0.25) is 0 Å². The highest BCUT2D eigenvalue weighted by Crippen LogP contribution is 2.12. The quantitative estimate of drug-likeness (QED) is 0.933. The number of aryl methyl sites for hydroxylation is 1. The van der Waals surface area contributed by atoms with E-state index in [-0.39, 0.29) is 5.91 Å². The maximum absolute atomic E-state index is 12.4. The van der Waals surface area contributed by atoms with Crippen molar-refractivity contribution in [3.8, 4) is 0 Å². The summed E-state index contributed by atoms with van der Waals surface area (Å²) in [5, 5.41) is 6.75. The maximum atomic E-state index is 12.4. The van der Waals surface area contributed by atoms with Gasteiger partial charge < -0.3 is 4.90 Å². The van der Waals surface area contributed by atoms with E-state index in [0.29, 0.717) is 5.56 Å². The summed E-state index contributed by atoms with van der Waals surface area (Å²) in [6.45, 7) is 6.21. The molecule has 0 aliphatic carbocycles. The summed E-state index contributed by atoms with van der Waals surface area (Å²) >= 11 is 0. The number of rotatable bonds is 3. The van der Waals surface area contributed by atoms with Crippen molar-refractivity contribution in [3.05, 3.63) is 53.3 Å². The van der Waals surface area contributed by atoms with Gasteiger partial charge in [-0.3, -0.25) is 14.8 Å². The molecule has 0 radical (unpaired) electrons. The van der Waals surface area contributed by atoms with Gasteiger partial charge in [0.25, 0.3) is 5.91 Å². The number of nitrogens with one attached hydrogen (secondary N) is 1. The molecule has 1 aromatic carbocycles. The van der Waals surface area contributed by atoms with Crippen LogP contribution in [-0.2, 0) is 6.54 Å². The Labute approximate surface area is 124 Å². The number of carbonyl (C=O) groups is 1. The minimum absolute atomic E-state index is 0.0839. The Morgan fingerprint density at radius 2 is 1.90 bits per heavy atom. The number of aromatic nitrogens is 2. The summed E-state index contributed by atoms with van der Waals surface area (Å²) in [7, 11) is 0. The number of benzene rings is 1. The van der Waals surface area contributed by atoms with E-state index in [0.717, 1.165) is 38.4 Å². The second kappa shape index (κ2) is 6.10. The third-order valence-electron chi connectivity index (χ3n) is 3.97. The van der Waals surface area contributed by atoms with Crippen LogP contribution in [-0.4, -0.2) is 52.1 Å². The van der Waals surface area contributed by atoms with Crippen molar-refractivity contribution < 1.29 is 4.79 Å². The molecule has 1 aromatic heterocycles. The molecule has 1 aliphatic heterocycles. The third-order valence-corrected chi connectivity index (χ3v) is 3.97. The van der Waals surface area contributed by atoms with Gasteiger partial charge in [-0.15, -0.1) is 0 Å². The third kappa shape index (κ3) is 3.13. The van der Waals surface area contributed by atoms with E-state index < -0.39 is 0 Å².